The highest BCUT2D eigenvalue weighted by molar-refractivity contribution is 7.47. The standard InChI is InChI=1S/C44H79O13P/c1-3-5-7-9-11-13-15-17-18-19-20-21-23-25-27-29-31-33-38(46)56-36(34-54-37(45)32-30-28-26-24-22-16-14-12-10-8-6-4-2)35-55-58(52,53)57-44-42(50)40(48)39(47)41(49)43(44)51/h12,14,20-21,25,27,36,39-44,47-51H,3-11,13,15-19,22-24,26,28-35H2,1-2H3,(H,52,53)/b14-12+,21-20+,27-25+/t36-,39?,40-,41?,42?,43?,44?/m1/s1. The molecule has 0 aromatic heterocycles. The second-order valence-electron chi connectivity index (χ2n) is 15.5. The molecule has 1 rings (SSSR count). The fraction of sp³-hybridized carbons (Fsp3) is 0.818. The molecule has 338 valence electrons. The SMILES string of the molecule is CCCCC/C=C/CCCCCCCC(=O)OC[C@H](COP(=O)(O)OC1C(O)C(O)C(O)[C@@H](O)C1O)OC(=O)CCC/C=C/C/C=C/CCCCCCCCCCC. The number of allylic oxidation sites excluding steroid dienone is 6. The van der Waals surface area contributed by atoms with Gasteiger partial charge < -0.3 is 39.9 Å². The zero-order chi connectivity index (χ0) is 42.9. The number of aliphatic hydroxyl groups excluding tert-OH is 5. The van der Waals surface area contributed by atoms with Crippen molar-refractivity contribution in [3.05, 3.63) is 36.5 Å². The van der Waals surface area contributed by atoms with Gasteiger partial charge >= 0.3 is 19.8 Å². The van der Waals surface area contributed by atoms with Gasteiger partial charge in [0.05, 0.1) is 6.61 Å². The largest absolute Gasteiger partial charge is 0.472 e. The number of aliphatic hydroxyl groups is 5. The monoisotopic (exact) mass is 847 g/mol. The average Bonchev–Trinajstić information content (AvgIpc) is 3.20. The molecule has 13 nitrogen and oxygen atoms in total. The highest BCUT2D eigenvalue weighted by Crippen LogP contribution is 2.47. The first-order chi connectivity index (χ1) is 27.9. The molecule has 1 fully saturated rings. The Morgan fingerprint density at radius 2 is 0.948 bits per heavy atom. The van der Waals surface area contributed by atoms with Gasteiger partial charge in [0.15, 0.2) is 6.10 Å². The normalized spacial score (nSPS) is 22.8. The van der Waals surface area contributed by atoms with E-state index in [-0.39, 0.29) is 12.8 Å². The minimum atomic E-state index is -5.13. The van der Waals surface area contributed by atoms with Gasteiger partial charge in [0, 0.05) is 12.8 Å². The van der Waals surface area contributed by atoms with Crippen molar-refractivity contribution in [2.24, 2.45) is 0 Å². The molecule has 0 heterocycles. The molecule has 1 aliphatic rings. The molecule has 6 unspecified atom stereocenters. The third-order valence-corrected chi connectivity index (χ3v) is 11.2. The molecule has 0 aliphatic heterocycles. The van der Waals surface area contributed by atoms with Crippen molar-refractivity contribution in [2.45, 2.75) is 217 Å². The van der Waals surface area contributed by atoms with Crippen LogP contribution in [0.4, 0.5) is 0 Å². The number of ether oxygens (including phenoxy) is 2. The number of phosphoric acid groups is 1. The quantitative estimate of drug-likeness (QED) is 0.0152. The summed E-state index contributed by atoms with van der Waals surface area (Å²) >= 11 is 0. The maximum absolute atomic E-state index is 12.8. The molecule has 0 amide bonds. The topological polar surface area (TPSA) is 210 Å². The van der Waals surface area contributed by atoms with E-state index in [9.17, 15) is 44.6 Å². The second-order valence-corrected chi connectivity index (χ2v) is 16.9. The van der Waals surface area contributed by atoms with E-state index in [1.807, 2.05) is 12.2 Å². The smallest absolute Gasteiger partial charge is 0.462 e. The van der Waals surface area contributed by atoms with Crippen molar-refractivity contribution >= 4 is 19.8 Å². The van der Waals surface area contributed by atoms with Gasteiger partial charge in [-0.05, 0) is 64.2 Å². The molecule has 0 aromatic rings. The predicted molar refractivity (Wildman–Crippen MR) is 226 cm³/mol. The fourth-order valence-electron chi connectivity index (χ4n) is 6.56. The molecule has 0 spiro atoms. The zero-order valence-corrected chi connectivity index (χ0v) is 36.5. The Bertz CT molecular complexity index is 1160. The lowest BCUT2D eigenvalue weighted by molar-refractivity contribution is -0.220. The molecular formula is C44H79O13P. The molecule has 1 saturated carbocycles. The van der Waals surface area contributed by atoms with Crippen LogP contribution < -0.4 is 0 Å². The Balaban J connectivity index is 2.51. The molecule has 0 bridgehead atoms. The first kappa shape index (κ1) is 54.1. The van der Waals surface area contributed by atoms with Crippen molar-refractivity contribution < 1.29 is 63.1 Å². The first-order valence-corrected chi connectivity index (χ1v) is 23.8. The molecular weight excluding hydrogens is 767 g/mol. The minimum absolute atomic E-state index is 0.0315. The van der Waals surface area contributed by atoms with Crippen molar-refractivity contribution in [1.82, 2.24) is 0 Å². The van der Waals surface area contributed by atoms with Crippen LogP contribution in [-0.2, 0) is 32.7 Å². The van der Waals surface area contributed by atoms with E-state index < -0.39 is 75.7 Å². The maximum Gasteiger partial charge on any atom is 0.472 e. The van der Waals surface area contributed by atoms with Gasteiger partial charge in [-0.15, -0.1) is 0 Å². The van der Waals surface area contributed by atoms with Gasteiger partial charge in [0.25, 0.3) is 0 Å². The van der Waals surface area contributed by atoms with Gasteiger partial charge in [-0.25, -0.2) is 4.57 Å². The van der Waals surface area contributed by atoms with Crippen LogP contribution in [0.1, 0.15) is 174 Å². The van der Waals surface area contributed by atoms with Crippen LogP contribution >= 0.6 is 7.82 Å². The summed E-state index contributed by atoms with van der Waals surface area (Å²) in [6.45, 7) is 3.22. The number of phosphoric ester groups is 1. The number of rotatable bonds is 36. The minimum Gasteiger partial charge on any atom is -0.462 e. The van der Waals surface area contributed by atoms with E-state index in [1.54, 1.807) is 0 Å². The third-order valence-electron chi connectivity index (χ3n) is 10.2. The van der Waals surface area contributed by atoms with E-state index >= 15 is 0 Å². The lowest BCUT2D eigenvalue weighted by Gasteiger charge is -2.41. The van der Waals surface area contributed by atoms with Crippen LogP contribution in [0.3, 0.4) is 0 Å². The number of carbonyl (C=O) groups is 2. The summed E-state index contributed by atoms with van der Waals surface area (Å²) in [6.07, 6.45) is 25.0. The zero-order valence-electron chi connectivity index (χ0n) is 35.6. The molecule has 0 saturated heterocycles. The lowest BCUT2D eigenvalue weighted by atomic mass is 9.85. The van der Waals surface area contributed by atoms with Crippen LogP contribution in [0.2, 0.25) is 0 Å². The Morgan fingerprint density at radius 3 is 1.50 bits per heavy atom. The van der Waals surface area contributed by atoms with Crippen LogP contribution in [-0.4, -0.2) is 98.3 Å². The summed E-state index contributed by atoms with van der Waals surface area (Å²) in [6, 6.07) is 0. The summed E-state index contributed by atoms with van der Waals surface area (Å²) in [5.74, 6) is -1.16. The molecule has 8 atom stereocenters. The van der Waals surface area contributed by atoms with Gasteiger partial charge in [-0.2, -0.15) is 0 Å². The summed E-state index contributed by atoms with van der Waals surface area (Å²) in [7, 11) is -5.13. The highest BCUT2D eigenvalue weighted by Gasteiger charge is 2.51. The average molecular weight is 847 g/mol. The lowest BCUT2D eigenvalue weighted by Crippen LogP contribution is -2.64. The van der Waals surface area contributed by atoms with Crippen LogP contribution in [0.15, 0.2) is 36.5 Å². The number of carbonyl (C=O) groups excluding carboxylic acids is 2. The van der Waals surface area contributed by atoms with Crippen molar-refractivity contribution in [2.75, 3.05) is 13.2 Å². The van der Waals surface area contributed by atoms with Gasteiger partial charge in [-0.3, -0.25) is 18.6 Å². The molecule has 0 aromatic carbocycles. The van der Waals surface area contributed by atoms with Crippen LogP contribution in [0, 0.1) is 0 Å². The molecule has 1 aliphatic carbocycles. The van der Waals surface area contributed by atoms with E-state index in [0.717, 1.165) is 51.4 Å². The predicted octanol–water partition coefficient (Wildman–Crippen LogP) is 8.22. The summed E-state index contributed by atoms with van der Waals surface area (Å²) in [5.41, 5.74) is 0. The summed E-state index contributed by atoms with van der Waals surface area (Å²) in [4.78, 5) is 35.6. The van der Waals surface area contributed by atoms with Crippen molar-refractivity contribution in [3.8, 4) is 0 Å². The maximum atomic E-state index is 12.8. The van der Waals surface area contributed by atoms with Gasteiger partial charge in [0.2, 0.25) is 0 Å². The summed E-state index contributed by atoms with van der Waals surface area (Å²) < 4.78 is 33.4. The Morgan fingerprint density at radius 1 is 0.534 bits per heavy atom. The van der Waals surface area contributed by atoms with Gasteiger partial charge in [-0.1, -0.05) is 134 Å². The number of hydrogen-bond acceptors (Lipinski definition) is 12. The molecule has 14 heteroatoms. The van der Waals surface area contributed by atoms with Crippen LogP contribution in [0.25, 0.3) is 0 Å². The van der Waals surface area contributed by atoms with Crippen LogP contribution in [0.5, 0.6) is 0 Å². The Kier molecular flexibility index (Phi) is 32.4. The van der Waals surface area contributed by atoms with Crippen molar-refractivity contribution in [3.63, 3.8) is 0 Å². The second kappa shape index (κ2) is 34.7. The van der Waals surface area contributed by atoms with E-state index in [4.69, 9.17) is 18.5 Å². The number of unbranched alkanes of at least 4 members (excludes halogenated alkanes) is 18. The molecule has 6 N–H and O–H groups in total. The Labute approximate surface area is 348 Å². The number of hydrogen-bond donors (Lipinski definition) is 6. The summed E-state index contributed by atoms with van der Waals surface area (Å²) in [5, 5.41) is 50.1. The van der Waals surface area contributed by atoms with E-state index in [2.05, 4.69) is 38.2 Å². The van der Waals surface area contributed by atoms with Gasteiger partial charge in [0.1, 0.15) is 43.2 Å². The fourth-order valence-corrected chi connectivity index (χ4v) is 7.53. The third kappa shape index (κ3) is 27.0. The van der Waals surface area contributed by atoms with E-state index in [1.165, 1.54) is 77.0 Å². The molecule has 58 heavy (non-hydrogen) atoms. The van der Waals surface area contributed by atoms with E-state index in [0.29, 0.717) is 19.3 Å². The highest BCUT2D eigenvalue weighted by atomic mass is 31.2. The van der Waals surface area contributed by atoms with Crippen molar-refractivity contribution in [1.29, 1.82) is 0 Å². The molecule has 0 radical (unpaired) electrons. The first-order valence-electron chi connectivity index (χ1n) is 22.3. The number of esters is 2. The Hall–Kier alpha value is -1.93.